The first-order valence-electron chi connectivity index (χ1n) is 10.9. The largest absolute Gasteiger partial charge is 0.490 e. The summed E-state index contributed by atoms with van der Waals surface area (Å²) < 4.78 is 11.5. The number of pyridine rings is 1. The Morgan fingerprint density at radius 2 is 1.76 bits per heavy atom. The minimum Gasteiger partial charge on any atom is -0.490 e. The number of aryl methyl sites for hydroxylation is 1. The van der Waals surface area contributed by atoms with Crippen LogP contribution in [0.25, 0.3) is 0 Å². The van der Waals surface area contributed by atoms with Crippen LogP contribution in [-0.2, 0) is 6.54 Å². The van der Waals surface area contributed by atoms with Crippen LogP contribution in [0.3, 0.4) is 0 Å². The lowest BCUT2D eigenvalue weighted by Crippen LogP contribution is -2.28. The molecule has 4 N–H and O–H groups in total. The molecule has 3 amide bonds. The number of carbonyl (C=O) groups excluding carboxylic acids is 2. The predicted molar refractivity (Wildman–Crippen MR) is 131 cm³/mol. The zero-order valence-corrected chi connectivity index (χ0v) is 19.5. The van der Waals surface area contributed by atoms with Crippen molar-refractivity contribution in [2.45, 2.75) is 13.5 Å². The Labute approximate surface area is 198 Å². The van der Waals surface area contributed by atoms with E-state index in [9.17, 15) is 9.59 Å². The zero-order valence-electron chi connectivity index (χ0n) is 19.5. The molecule has 1 heterocycles. The first kappa shape index (κ1) is 24.5. The van der Waals surface area contributed by atoms with Crippen LogP contribution < -0.4 is 30.7 Å². The van der Waals surface area contributed by atoms with Crippen LogP contribution in [0.4, 0.5) is 10.5 Å². The molecule has 0 spiro atoms. The summed E-state index contributed by atoms with van der Waals surface area (Å²) in [6.07, 6.45) is 1.52. The SMILES string of the molecule is CNCCOc1ccc(C)cc1NC(=O)NCc1ccc(Oc2ccnc(C(=O)NC)c2)cc1. The van der Waals surface area contributed by atoms with Crippen molar-refractivity contribution in [3.8, 4) is 17.2 Å². The Balaban J connectivity index is 1.54. The van der Waals surface area contributed by atoms with Crippen molar-refractivity contribution in [2.24, 2.45) is 0 Å². The number of amides is 3. The van der Waals surface area contributed by atoms with Crippen LogP contribution in [0.1, 0.15) is 21.6 Å². The second-order valence-corrected chi connectivity index (χ2v) is 7.46. The fourth-order valence-corrected chi connectivity index (χ4v) is 3.02. The predicted octanol–water partition coefficient (Wildman–Crippen LogP) is 3.46. The Morgan fingerprint density at radius 1 is 0.971 bits per heavy atom. The number of likely N-dealkylation sites (N-methyl/N-ethyl adjacent to an activating group) is 1. The van der Waals surface area contributed by atoms with Crippen LogP contribution in [0.5, 0.6) is 17.2 Å². The van der Waals surface area contributed by atoms with E-state index in [1.165, 1.54) is 6.20 Å². The van der Waals surface area contributed by atoms with Gasteiger partial charge in [0.25, 0.3) is 5.91 Å². The first-order chi connectivity index (χ1) is 16.5. The van der Waals surface area contributed by atoms with Gasteiger partial charge in [-0.3, -0.25) is 9.78 Å². The number of aromatic nitrogens is 1. The molecule has 0 unspecified atom stereocenters. The standard InChI is InChI=1S/C25H29N5O4/c1-17-4-9-23(33-13-12-26-2)21(14-17)30-25(32)29-16-18-5-7-19(8-6-18)34-20-10-11-28-22(15-20)24(31)27-3/h4-11,14-15,26H,12-13,16H2,1-3H3,(H,27,31)(H2,29,30,32). The van der Waals surface area contributed by atoms with Gasteiger partial charge in [0.1, 0.15) is 29.5 Å². The number of anilines is 1. The van der Waals surface area contributed by atoms with E-state index in [-0.39, 0.29) is 17.6 Å². The average molecular weight is 464 g/mol. The van der Waals surface area contributed by atoms with Gasteiger partial charge in [-0.1, -0.05) is 18.2 Å². The molecule has 0 bridgehead atoms. The van der Waals surface area contributed by atoms with Gasteiger partial charge in [-0.25, -0.2) is 4.79 Å². The summed E-state index contributed by atoms with van der Waals surface area (Å²) in [4.78, 5) is 28.2. The van der Waals surface area contributed by atoms with Crippen LogP contribution in [-0.4, -0.2) is 44.2 Å². The van der Waals surface area contributed by atoms with Gasteiger partial charge in [0.05, 0.1) is 5.69 Å². The third-order valence-corrected chi connectivity index (χ3v) is 4.80. The van der Waals surface area contributed by atoms with E-state index in [4.69, 9.17) is 9.47 Å². The van der Waals surface area contributed by atoms with Gasteiger partial charge >= 0.3 is 6.03 Å². The summed E-state index contributed by atoms with van der Waals surface area (Å²) in [6, 6.07) is 15.9. The van der Waals surface area contributed by atoms with Gasteiger partial charge < -0.3 is 30.7 Å². The fourth-order valence-electron chi connectivity index (χ4n) is 3.02. The number of hydrogen-bond donors (Lipinski definition) is 4. The third kappa shape index (κ3) is 7.21. The number of urea groups is 1. The molecule has 3 aromatic rings. The van der Waals surface area contributed by atoms with Gasteiger partial charge in [0, 0.05) is 32.4 Å². The molecule has 3 rings (SSSR count). The van der Waals surface area contributed by atoms with Crippen molar-refractivity contribution >= 4 is 17.6 Å². The highest BCUT2D eigenvalue weighted by atomic mass is 16.5. The minimum atomic E-state index is -0.331. The molecule has 34 heavy (non-hydrogen) atoms. The smallest absolute Gasteiger partial charge is 0.319 e. The molecule has 0 aliphatic carbocycles. The average Bonchev–Trinajstić information content (AvgIpc) is 2.84. The van der Waals surface area contributed by atoms with E-state index < -0.39 is 0 Å². The lowest BCUT2D eigenvalue weighted by atomic mass is 10.2. The summed E-state index contributed by atoms with van der Waals surface area (Å²) >= 11 is 0. The highest BCUT2D eigenvalue weighted by molar-refractivity contribution is 5.92. The lowest BCUT2D eigenvalue weighted by molar-refractivity contribution is 0.0958. The maximum Gasteiger partial charge on any atom is 0.319 e. The van der Waals surface area contributed by atoms with Gasteiger partial charge in [0.15, 0.2) is 0 Å². The van der Waals surface area contributed by atoms with Crippen molar-refractivity contribution < 1.29 is 19.1 Å². The van der Waals surface area contributed by atoms with Crippen molar-refractivity contribution in [2.75, 3.05) is 32.6 Å². The summed E-state index contributed by atoms with van der Waals surface area (Å²) in [7, 11) is 3.40. The van der Waals surface area contributed by atoms with Crippen molar-refractivity contribution in [3.05, 3.63) is 77.6 Å². The second-order valence-electron chi connectivity index (χ2n) is 7.46. The summed E-state index contributed by atoms with van der Waals surface area (Å²) in [5, 5.41) is 11.2. The van der Waals surface area contributed by atoms with E-state index >= 15 is 0 Å². The van der Waals surface area contributed by atoms with Crippen molar-refractivity contribution in [1.82, 2.24) is 20.9 Å². The van der Waals surface area contributed by atoms with E-state index in [1.807, 2.05) is 44.3 Å². The van der Waals surface area contributed by atoms with E-state index in [2.05, 4.69) is 26.3 Å². The van der Waals surface area contributed by atoms with Crippen molar-refractivity contribution in [1.29, 1.82) is 0 Å². The molecule has 178 valence electrons. The molecule has 0 atom stereocenters. The quantitative estimate of drug-likeness (QED) is 0.343. The van der Waals surface area contributed by atoms with E-state index in [0.717, 1.165) is 11.1 Å². The zero-order chi connectivity index (χ0) is 24.3. The fraction of sp³-hybridized carbons (Fsp3) is 0.240. The van der Waals surface area contributed by atoms with Gasteiger partial charge in [-0.15, -0.1) is 0 Å². The Morgan fingerprint density at radius 3 is 2.50 bits per heavy atom. The molecule has 2 aromatic carbocycles. The highest BCUT2D eigenvalue weighted by Gasteiger charge is 2.09. The molecule has 1 aromatic heterocycles. The van der Waals surface area contributed by atoms with Crippen molar-refractivity contribution in [3.63, 3.8) is 0 Å². The number of hydrogen-bond acceptors (Lipinski definition) is 6. The van der Waals surface area contributed by atoms with Crippen LogP contribution in [0.2, 0.25) is 0 Å². The molecular weight excluding hydrogens is 434 g/mol. The first-order valence-corrected chi connectivity index (χ1v) is 10.9. The molecular formula is C25H29N5O4. The molecule has 0 aliphatic heterocycles. The number of carbonyl (C=O) groups is 2. The molecule has 9 nitrogen and oxygen atoms in total. The van der Waals surface area contributed by atoms with Crippen LogP contribution >= 0.6 is 0 Å². The van der Waals surface area contributed by atoms with Crippen LogP contribution in [0, 0.1) is 6.92 Å². The molecule has 0 saturated carbocycles. The Bertz CT molecular complexity index is 1120. The summed E-state index contributed by atoms with van der Waals surface area (Å²) in [5.74, 6) is 1.44. The topological polar surface area (TPSA) is 114 Å². The maximum absolute atomic E-state index is 12.4. The third-order valence-electron chi connectivity index (χ3n) is 4.80. The van der Waals surface area contributed by atoms with E-state index in [1.54, 1.807) is 31.3 Å². The second kappa shape index (κ2) is 12.2. The number of nitrogens with zero attached hydrogens (tertiary/aromatic N) is 1. The Hall–Kier alpha value is -4.11. The summed E-state index contributed by atoms with van der Waals surface area (Å²) in [6.45, 7) is 3.49. The molecule has 9 heteroatoms. The molecule has 0 aliphatic rings. The van der Waals surface area contributed by atoms with Gasteiger partial charge in [-0.05, 0) is 55.4 Å². The summed E-state index contributed by atoms with van der Waals surface area (Å²) in [5.41, 5.74) is 2.81. The van der Waals surface area contributed by atoms with Gasteiger partial charge in [0.2, 0.25) is 0 Å². The van der Waals surface area contributed by atoms with Crippen LogP contribution in [0.15, 0.2) is 60.8 Å². The number of ether oxygens (including phenoxy) is 2. The number of nitrogens with one attached hydrogen (secondary N) is 4. The molecule has 0 fully saturated rings. The molecule has 0 saturated heterocycles. The lowest BCUT2D eigenvalue weighted by Gasteiger charge is -2.14. The molecule has 0 radical (unpaired) electrons. The minimum absolute atomic E-state index is 0.274. The number of benzene rings is 2. The van der Waals surface area contributed by atoms with Gasteiger partial charge in [-0.2, -0.15) is 0 Å². The highest BCUT2D eigenvalue weighted by Crippen LogP contribution is 2.26. The Kier molecular flexibility index (Phi) is 8.81. The maximum atomic E-state index is 12.4. The normalized spacial score (nSPS) is 10.3. The monoisotopic (exact) mass is 463 g/mol. The number of rotatable bonds is 10. The van der Waals surface area contributed by atoms with E-state index in [0.29, 0.717) is 42.6 Å².